The van der Waals surface area contributed by atoms with E-state index in [1.54, 1.807) is 6.20 Å². The minimum absolute atomic E-state index is 0.0374. The molecular formula is C38H33Cl2N7O3. The smallest absolute Gasteiger partial charge is 0.228 e. The van der Waals surface area contributed by atoms with Gasteiger partial charge >= 0.3 is 0 Å². The van der Waals surface area contributed by atoms with Crippen LogP contribution in [0.5, 0.6) is 0 Å². The van der Waals surface area contributed by atoms with Crippen molar-refractivity contribution >= 4 is 56.7 Å². The van der Waals surface area contributed by atoms with Gasteiger partial charge in [-0.2, -0.15) is 5.26 Å². The van der Waals surface area contributed by atoms with Crippen molar-refractivity contribution in [2.75, 3.05) is 31.6 Å². The van der Waals surface area contributed by atoms with Gasteiger partial charge in [-0.25, -0.2) is 9.97 Å². The number of nitrogens with zero attached hydrogens (tertiary/aromatic N) is 5. The molecule has 0 bridgehead atoms. The van der Waals surface area contributed by atoms with Crippen molar-refractivity contribution in [1.82, 2.24) is 25.2 Å². The lowest BCUT2D eigenvalue weighted by Crippen LogP contribution is -2.22. The number of benzene rings is 3. The van der Waals surface area contributed by atoms with Crippen LogP contribution in [-0.4, -0.2) is 62.4 Å². The Kier molecular flexibility index (Phi) is 8.87. The summed E-state index contributed by atoms with van der Waals surface area (Å²) in [6.07, 6.45) is 5.70. The topological polar surface area (TPSA) is 143 Å². The quantitative estimate of drug-likeness (QED) is 0.122. The van der Waals surface area contributed by atoms with E-state index in [0.29, 0.717) is 79.4 Å². The first-order chi connectivity index (χ1) is 24.4. The first-order valence-corrected chi connectivity index (χ1v) is 17.4. The zero-order valence-electron chi connectivity index (χ0n) is 27.0. The van der Waals surface area contributed by atoms with Crippen molar-refractivity contribution in [2.45, 2.75) is 38.0 Å². The Morgan fingerprint density at radius 2 is 1.84 bits per heavy atom. The lowest BCUT2D eigenvalue weighted by molar-refractivity contribution is 0.175. The highest BCUT2D eigenvalue weighted by atomic mass is 35.5. The fourth-order valence-corrected chi connectivity index (χ4v) is 7.78. The van der Waals surface area contributed by atoms with E-state index in [1.165, 1.54) is 0 Å². The number of halogens is 2. The van der Waals surface area contributed by atoms with Crippen LogP contribution in [-0.2, 0) is 13.0 Å². The van der Waals surface area contributed by atoms with Gasteiger partial charge in [-0.1, -0.05) is 47.5 Å². The van der Waals surface area contributed by atoms with Crippen LogP contribution < -0.4 is 10.6 Å². The number of likely N-dealkylation sites (tertiary alicyclic amines) is 1. The molecule has 252 valence electrons. The molecule has 1 aliphatic heterocycles. The van der Waals surface area contributed by atoms with E-state index in [0.717, 1.165) is 54.4 Å². The summed E-state index contributed by atoms with van der Waals surface area (Å²) in [5.74, 6) is 0.883. The Balaban J connectivity index is 1.10. The predicted molar refractivity (Wildman–Crippen MR) is 194 cm³/mol. The molecule has 3 aromatic heterocycles. The molecule has 3 aromatic carbocycles. The second-order valence-corrected chi connectivity index (χ2v) is 13.5. The summed E-state index contributed by atoms with van der Waals surface area (Å²) in [4.78, 5) is 16.3. The number of nitriles is 1. The molecule has 0 radical (unpaired) electrons. The zero-order valence-corrected chi connectivity index (χ0v) is 28.5. The molecule has 0 amide bonds. The molecule has 1 fully saturated rings. The molecule has 8 rings (SSSR count). The fourth-order valence-electron chi connectivity index (χ4n) is 7.20. The Labute approximate surface area is 298 Å². The number of aliphatic hydroxyl groups is 2. The highest BCUT2D eigenvalue weighted by Gasteiger charge is 2.29. The van der Waals surface area contributed by atoms with E-state index < -0.39 is 0 Å². The number of nitrogens with one attached hydrogen (secondary N) is 2. The van der Waals surface area contributed by atoms with Crippen molar-refractivity contribution in [1.29, 1.82) is 5.26 Å². The van der Waals surface area contributed by atoms with Gasteiger partial charge in [0.1, 0.15) is 22.7 Å². The number of oxazole rings is 1. The van der Waals surface area contributed by atoms with Gasteiger partial charge < -0.3 is 25.3 Å². The summed E-state index contributed by atoms with van der Waals surface area (Å²) in [6, 6.07) is 19.7. The number of rotatable bonds is 9. The maximum absolute atomic E-state index is 10.1. The molecule has 50 heavy (non-hydrogen) atoms. The molecule has 4 N–H and O–H groups in total. The van der Waals surface area contributed by atoms with E-state index in [1.807, 2.05) is 54.7 Å². The van der Waals surface area contributed by atoms with Crippen molar-refractivity contribution in [2.24, 2.45) is 0 Å². The Morgan fingerprint density at radius 3 is 2.64 bits per heavy atom. The van der Waals surface area contributed by atoms with E-state index in [4.69, 9.17) is 37.6 Å². The van der Waals surface area contributed by atoms with Gasteiger partial charge in [0.2, 0.25) is 5.89 Å². The zero-order chi connectivity index (χ0) is 34.4. The predicted octanol–water partition coefficient (Wildman–Crippen LogP) is 7.16. The molecule has 6 aromatic rings. The molecule has 2 atom stereocenters. The highest BCUT2D eigenvalue weighted by Crippen LogP contribution is 2.44. The van der Waals surface area contributed by atoms with Crippen molar-refractivity contribution < 1.29 is 14.6 Å². The van der Waals surface area contributed by atoms with Crippen LogP contribution in [0.1, 0.15) is 41.1 Å². The largest absolute Gasteiger partial charge is 0.435 e. The number of hydrogen-bond acceptors (Lipinski definition) is 10. The van der Waals surface area contributed by atoms with Crippen LogP contribution in [0.2, 0.25) is 10.0 Å². The van der Waals surface area contributed by atoms with Gasteiger partial charge in [0.15, 0.2) is 11.4 Å². The molecular weight excluding hydrogens is 673 g/mol. The average Bonchev–Trinajstić information content (AvgIpc) is 3.85. The van der Waals surface area contributed by atoms with Crippen molar-refractivity contribution in [3.05, 3.63) is 99.3 Å². The Morgan fingerprint density at radius 1 is 1.02 bits per heavy atom. The second-order valence-electron chi connectivity index (χ2n) is 12.8. The first-order valence-electron chi connectivity index (χ1n) is 16.6. The van der Waals surface area contributed by atoms with Crippen LogP contribution in [0.15, 0.2) is 71.4 Å². The number of aromatic nitrogens is 3. The molecule has 1 aliphatic carbocycles. The van der Waals surface area contributed by atoms with E-state index in [-0.39, 0.29) is 18.8 Å². The standard InChI is InChI=1S/C38H33Cl2N7O3/c39-33-25(3-1-5-27(33)38-46-32-16-28-24(29(17-41)36(32)50-38)7-8-30(28)42-12-14-48)26-4-2-6-31(34(26)40)45-37-35-22(9-11-43-37)15-21(18-44-35)19-47-13-10-23(49)20-47/h1-6,9,11,15-16,18,23,30,42,48-49H,7-8,10,12-14,19-20H2,(H,43,45)/t23-,30+/m1/s1. The molecule has 0 spiro atoms. The molecule has 0 saturated carbocycles. The SMILES string of the molecule is N#Cc1c2c(cc3nc(-c4cccc(-c5cccc(Nc6nccc7cc(CN8CC[C@@H](O)C8)cnc67)c5Cl)c4Cl)oc13)[C@@H](NCCO)CC2. The van der Waals surface area contributed by atoms with Gasteiger partial charge in [-0.15, -0.1) is 0 Å². The Hall–Kier alpha value is -4.60. The third-order valence-electron chi connectivity index (χ3n) is 9.58. The second kappa shape index (κ2) is 13.6. The Bertz CT molecular complexity index is 2300. The number of aliphatic hydroxyl groups excluding tert-OH is 2. The number of pyridine rings is 2. The van der Waals surface area contributed by atoms with Gasteiger partial charge in [-0.3, -0.25) is 9.88 Å². The minimum Gasteiger partial charge on any atom is -0.435 e. The summed E-state index contributed by atoms with van der Waals surface area (Å²) in [7, 11) is 0. The van der Waals surface area contributed by atoms with Gasteiger partial charge in [-0.05, 0) is 66.3 Å². The van der Waals surface area contributed by atoms with Gasteiger partial charge in [0, 0.05) is 61.1 Å². The molecule has 4 heterocycles. The normalized spacial score (nSPS) is 17.4. The van der Waals surface area contributed by atoms with Crippen LogP contribution in [0.3, 0.4) is 0 Å². The first kappa shape index (κ1) is 32.6. The third-order valence-corrected chi connectivity index (χ3v) is 10.4. The summed E-state index contributed by atoms with van der Waals surface area (Å²) >= 11 is 14.2. The monoisotopic (exact) mass is 705 g/mol. The molecule has 10 nitrogen and oxygen atoms in total. The van der Waals surface area contributed by atoms with Gasteiger partial charge in [0.25, 0.3) is 0 Å². The molecule has 1 saturated heterocycles. The van der Waals surface area contributed by atoms with Crippen molar-refractivity contribution in [3.8, 4) is 28.7 Å². The van der Waals surface area contributed by atoms with Crippen molar-refractivity contribution in [3.63, 3.8) is 0 Å². The third kappa shape index (κ3) is 5.96. The number of anilines is 2. The number of fused-ring (bicyclic) bond motifs is 3. The molecule has 2 aliphatic rings. The summed E-state index contributed by atoms with van der Waals surface area (Å²) in [5.41, 5.74) is 7.87. The summed E-state index contributed by atoms with van der Waals surface area (Å²) in [6.45, 7) is 2.78. The maximum atomic E-state index is 10.1. The van der Waals surface area contributed by atoms with Crippen LogP contribution in [0, 0.1) is 11.3 Å². The molecule has 12 heteroatoms. The minimum atomic E-state index is -0.267. The van der Waals surface area contributed by atoms with E-state index in [9.17, 15) is 15.5 Å². The van der Waals surface area contributed by atoms with Crippen LogP contribution in [0.4, 0.5) is 11.5 Å². The summed E-state index contributed by atoms with van der Waals surface area (Å²) in [5, 5.41) is 37.9. The lowest BCUT2D eigenvalue weighted by atomic mass is 10.0. The highest BCUT2D eigenvalue weighted by molar-refractivity contribution is 6.39. The average molecular weight is 707 g/mol. The van der Waals surface area contributed by atoms with E-state index >= 15 is 0 Å². The molecule has 0 unspecified atom stereocenters. The fraction of sp³-hybridized carbons (Fsp3) is 0.263. The van der Waals surface area contributed by atoms with Crippen LogP contribution in [0.25, 0.3) is 44.6 Å². The summed E-state index contributed by atoms with van der Waals surface area (Å²) < 4.78 is 6.26. The number of hydrogen-bond donors (Lipinski definition) is 4. The lowest BCUT2D eigenvalue weighted by Gasteiger charge is -2.16. The van der Waals surface area contributed by atoms with Crippen LogP contribution >= 0.6 is 23.2 Å². The van der Waals surface area contributed by atoms with E-state index in [2.05, 4.69) is 32.7 Å². The maximum Gasteiger partial charge on any atom is 0.228 e. The number of β-amino-alcohol motifs (C(OH)–C–C–N with tert-alkyl or cyclic N) is 1. The van der Waals surface area contributed by atoms with Gasteiger partial charge in [0.05, 0.1) is 34.0 Å².